The predicted octanol–water partition coefficient (Wildman–Crippen LogP) is 4.79. The molecule has 1 heterocycles. The molecule has 1 aliphatic carbocycles. The highest BCUT2D eigenvalue weighted by Gasteiger charge is 2.54. The third-order valence-corrected chi connectivity index (χ3v) is 6.87. The Labute approximate surface area is 175 Å². The second-order valence-electron chi connectivity index (χ2n) is 9.34. The molecule has 1 amide bonds. The Morgan fingerprint density at radius 2 is 1.93 bits per heavy atom. The molecule has 5 heteroatoms. The molecule has 2 bridgehead atoms. The van der Waals surface area contributed by atoms with Crippen LogP contribution in [-0.2, 0) is 9.47 Å². The van der Waals surface area contributed by atoms with Crippen molar-refractivity contribution in [2.75, 3.05) is 32.2 Å². The predicted molar refractivity (Wildman–Crippen MR) is 117 cm³/mol. The molecule has 1 aliphatic heterocycles. The van der Waals surface area contributed by atoms with Gasteiger partial charge in [0.15, 0.2) is 0 Å². The smallest absolute Gasteiger partial charge is 0.407 e. The van der Waals surface area contributed by atoms with Crippen LogP contribution in [0.3, 0.4) is 0 Å². The minimum atomic E-state index is -0.349. The van der Waals surface area contributed by atoms with E-state index in [4.69, 9.17) is 9.47 Å². The average Bonchev–Trinajstić information content (AvgIpc) is 2.65. The van der Waals surface area contributed by atoms with E-state index in [9.17, 15) is 4.79 Å². The van der Waals surface area contributed by atoms with Crippen molar-refractivity contribution in [1.82, 2.24) is 5.32 Å². The first kappa shape index (κ1) is 21.7. The number of hydrogen-bond acceptors (Lipinski definition) is 4. The minimum absolute atomic E-state index is 0.0302. The van der Waals surface area contributed by atoms with E-state index < -0.39 is 0 Å². The van der Waals surface area contributed by atoms with Gasteiger partial charge >= 0.3 is 6.09 Å². The third kappa shape index (κ3) is 4.16. The highest BCUT2D eigenvalue weighted by molar-refractivity contribution is 5.67. The average molecular weight is 401 g/mol. The molecular weight excluding hydrogens is 364 g/mol. The second kappa shape index (κ2) is 8.39. The summed E-state index contributed by atoms with van der Waals surface area (Å²) in [5.74, 6) is 0.918. The van der Waals surface area contributed by atoms with Gasteiger partial charge in [0.05, 0.1) is 12.7 Å². The lowest BCUT2D eigenvalue weighted by Gasteiger charge is -2.55. The molecule has 0 unspecified atom stereocenters. The number of anilines is 1. The first-order valence-corrected chi connectivity index (χ1v) is 10.7. The SMILES string of the molecule is CC1=C[C@H](C)[C@]2(COC(=O)NC(C)C)CO[C@@H](c3ccc(N(C)C)cc3)[C@H]1[C@@H]2C. The summed E-state index contributed by atoms with van der Waals surface area (Å²) in [6.45, 7) is 11.6. The van der Waals surface area contributed by atoms with E-state index in [1.165, 1.54) is 16.8 Å². The van der Waals surface area contributed by atoms with Gasteiger partial charge in [-0.25, -0.2) is 4.79 Å². The van der Waals surface area contributed by atoms with Gasteiger partial charge in [-0.1, -0.05) is 37.6 Å². The van der Waals surface area contributed by atoms with E-state index in [-0.39, 0.29) is 35.5 Å². The third-order valence-electron chi connectivity index (χ3n) is 6.87. The molecule has 5 atom stereocenters. The monoisotopic (exact) mass is 400 g/mol. The molecule has 1 aromatic rings. The molecule has 3 rings (SSSR count). The van der Waals surface area contributed by atoms with Crippen molar-refractivity contribution in [3.8, 4) is 0 Å². The van der Waals surface area contributed by atoms with Gasteiger partial charge in [-0.3, -0.25) is 0 Å². The quantitative estimate of drug-likeness (QED) is 0.722. The lowest BCUT2D eigenvalue weighted by molar-refractivity contribution is -0.165. The van der Waals surface area contributed by atoms with Crippen LogP contribution in [0.1, 0.15) is 46.3 Å². The Morgan fingerprint density at radius 1 is 1.28 bits per heavy atom. The van der Waals surface area contributed by atoms with Gasteiger partial charge in [-0.15, -0.1) is 0 Å². The molecule has 1 fully saturated rings. The van der Waals surface area contributed by atoms with Crippen LogP contribution in [-0.4, -0.2) is 39.4 Å². The number of amides is 1. The topological polar surface area (TPSA) is 50.8 Å². The van der Waals surface area contributed by atoms with Crippen LogP contribution >= 0.6 is 0 Å². The maximum Gasteiger partial charge on any atom is 0.407 e. The Morgan fingerprint density at radius 3 is 2.52 bits per heavy atom. The normalized spacial score (nSPS) is 31.2. The van der Waals surface area contributed by atoms with Crippen molar-refractivity contribution in [1.29, 1.82) is 0 Å². The van der Waals surface area contributed by atoms with Gasteiger partial charge in [0.1, 0.15) is 6.61 Å². The molecular formula is C24H36N2O3. The number of hydrogen-bond donors (Lipinski definition) is 1. The zero-order valence-corrected chi connectivity index (χ0v) is 18.9. The molecule has 0 radical (unpaired) electrons. The summed E-state index contributed by atoms with van der Waals surface area (Å²) in [7, 11) is 4.10. The molecule has 2 aliphatic rings. The van der Waals surface area contributed by atoms with Gasteiger partial charge in [0.2, 0.25) is 0 Å². The molecule has 160 valence electrons. The lowest BCUT2D eigenvalue weighted by Crippen LogP contribution is -2.55. The number of carbonyl (C=O) groups excluding carboxylic acids is 1. The van der Waals surface area contributed by atoms with Crippen LogP contribution in [0.2, 0.25) is 0 Å². The standard InChI is InChI=1S/C24H36N2O3/c1-15(2)25-23(27)29-14-24-13-28-22(19-8-10-20(11-9-19)26(6)7)21(18(24)5)16(3)12-17(24)4/h8-12,15,17-18,21-22H,13-14H2,1-7H3,(H,25,27)/t17-,18-,21+,22-,24+/m0/s1. The number of nitrogens with zero attached hydrogens (tertiary/aromatic N) is 1. The molecule has 1 aromatic carbocycles. The van der Waals surface area contributed by atoms with Crippen LogP contribution in [0.25, 0.3) is 0 Å². The summed E-state index contributed by atoms with van der Waals surface area (Å²) in [5, 5.41) is 2.82. The zero-order valence-electron chi connectivity index (χ0n) is 18.9. The summed E-state index contributed by atoms with van der Waals surface area (Å²) in [4.78, 5) is 14.2. The van der Waals surface area contributed by atoms with E-state index >= 15 is 0 Å². The highest BCUT2D eigenvalue weighted by Crippen LogP contribution is 2.56. The number of benzene rings is 1. The lowest BCUT2D eigenvalue weighted by atomic mass is 9.56. The molecule has 1 saturated heterocycles. The number of ether oxygens (including phenoxy) is 2. The van der Waals surface area contributed by atoms with E-state index in [1.54, 1.807) is 0 Å². The van der Waals surface area contributed by atoms with Crippen molar-refractivity contribution in [2.45, 2.75) is 46.8 Å². The Bertz CT molecular complexity index is 756. The van der Waals surface area contributed by atoms with Crippen molar-refractivity contribution >= 4 is 11.8 Å². The fraction of sp³-hybridized carbons (Fsp3) is 0.625. The van der Waals surface area contributed by atoms with Gasteiger partial charge in [-0.05, 0) is 50.3 Å². The summed E-state index contributed by atoms with van der Waals surface area (Å²) in [6.07, 6.45) is 2.04. The van der Waals surface area contributed by atoms with E-state index in [1.807, 2.05) is 27.9 Å². The molecule has 0 spiro atoms. The van der Waals surface area contributed by atoms with E-state index in [0.29, 0.717) is 19.1 Å². The van der Waals surface area contributed by atoms with Crippen molar-refractivity contribution in [3.63, 3.8) is 0 Å². The van der Waals surface area contributed by atoms with Crippen LogP contribution in [0, 0.1) is 23.2 Å². The van der Waals surface area contributed by atoms with Gasteiger partial charge in [0.25, 0.3) is 0 Å². The Kier molecular flexibility index (Phi) is 6.27. The summed E-state index contributed by atoms with van der Waals surface area (Å²) < 4.78 is 12.2. The number of nitrogens with one attached hydrogen (secondary N) is 1. The first-order valence-electron chi connectivity index (χ1n) is 10.7. The summed E-state index contributed by atoms with van der Waals surface area (Å²) >= 11 is 0. The Hall–Kier alpha value is -2.01. The van der Waals surface area contributed by atoms with Crippen LogP contribution in [0.5, 0.6) is 0 Å². The number of rotatable bonds is 5. The summed E-state index contributed by atoms with van der Waals surface area (Å²) in [5.41, 5.74) is 3.56. The van der Waals surface area contributed by atoms with Crippen LogP contribution in [0.15, 0.2) is 35.9 Å². The zero-order chi connectivity index (χ0) is 21.3. The van der Waals surface area contributed by atoms with Gasteiger partial charge < -0.3 is 19.7 Å². The molecule has 0 aromatic heterocycles. The van der Waals surface area contributed by atoms with E-state index in [0.717, 1.165) is 0 Å². The number of allylic oxidation sites excluding steroid dienone is 1. The maximum absolute atomic E-state index is 12.1. The molecule has 5 nitrogen and oxygen atoms in total. The highest BCUT2D eigenvalue weighted by atomic mass is 16.6. The van der Waals surface area contributed by atoms with Crippen molar-refractivity contribution in [3.05, 3.63) is 41.5 Å². The molecule has 0 saturated carbocycles. The van der Waals surface area contributed by atoms with Crippen molar-refractivity contribution in [2.24, 2.45) is 23.2 Å². The van der Waals surface area contributed by atoms with Gasteiger partial charge in [-0.2, -0.15) is 0 Å². The number of carbonyl (C=O) groups is 1. The van der Waals surface area contributed by atoms with Crippen LogP contribution < -0.4 is 10.2 Å². The largest absolute Gasteiger partial charge is 0.449 e. The second-order valence-corrected chi connectivity index (χ2v) is 9.34. The van der Waals surface area contributed by atoms with Crippen LogP contribution in [0.4, 0.5) is 10.5 Å². The van der Waals surface area contributed by atoms with Crippen molar-refractivity contribution < 1.29 is 14.3 Å². The Balaban J connectivity index is 1.83. The molecule has 29 heavy (non-hydrogen) atoms. The summed E-state index contributed by atoms with van der Waals surface area (Å²) in [6, 6.07) is 8.72. The molecule has 1 N–H and O–H groups in total. The minimum Gasteiger partial charge on any atom is -0.449 e. The van der Waals surface area contributed by atoms with E-state index in [2.05, 4.69) is 61.3 Å². The fourth-order valence-corrected chi connectivity index (χ4v) is 5.00. The first-order chi connectivity index (χ1) is 13.7. The van der Waals surface area contributed by atoms with Gasteiger partial charge in [0, 0.05) is 37.2 Å². The number of fused-ring (bicyclic) bond motifs is 2. The maximum atomic E-state index is 12.1. The number of alkyl carbamates (subject to hydrolysis) is 1. The fourth-order valence-electron chi connectivity index (χ4n) is 5.00.